The van der Waals surface area contributed by atoms with Gasteiger partial charge in [-0.25, -0.2) is 4.79 Å². The molecule has 4 nitrogen and oxygen atoms in total. The van der Waals surface area contributed by atoms with Crippen molar-refractivity contribution in [3.05, 3.63) is 29.3 Å². The maximum Gasteiger partial charge on any atom is 0.340 e. The number of carboxylic acid groups (broad SMARTS) is 1. The number of hydrogen-bond acceptors (Lipinski definition) is 3. The average Bonchev–Trinajstić information content (AvgIpc) is 2.67. The van der Waals surface area contributed by atoms with E-state index >= 15 is 0 Å². The van der Waals surface area contributed by atoms with Crippen LogP contribution in [-0.2, 0) is 16.8 Å². The van der Waals surface area contributed by atoms with E-state index in [-0.39, 0.29) is 5.92 Å². The number of benzene rings is 1. The van der Waals surface area contributed by atoms with E-state index in [1.165, 1.54) is 0 Å². The maximum absolute atomic E-state index is 12.2. The summed E-state index contributed by atoms with van der Waals surface area (Å²) in [6.07, 6.45) is 5.01. The second-order valence-electron chi connectivity index (χ2n) is 7.02. The Morgan fingerprint density at radius 3 is 2.42 bits per heavy atom. The fraction of sp³-hybridized carbons (Fsp3) is 0.591. The monoisotopic (exact) mass is 357 g/mol. The van der Waals surface area contributed by atoms with Gasteiger partial charge in [0.15, 0.2) is 5.60 Å². The van der Waals surface area contributed by atoms with Gasteiger partial charge in [0.25, 0.3) is 0 Å². The molecule has 2 rings (SSSR count). The number of hydrogen-bond donors (Lipinski definition) is 2. The molecule has 1 aliphatic rings. The largest absolute Gasteiger partial charge is 0.479 e. The molecule has 0 aliphatic heterocycles. The maximum atomic E-state index is 12.2. The van der Waals surface area contributed by atoms with Crippen LogP contribution in [0.4, 0.5) is 5.69 Å². The molecular weight excluding hydrogens is 326 g/mol. The van der Waals surface area contributed by atoms with Gasteiger partial charge in [0, 0.05) is 31.1 Å². The van der Waals surface area contributed by atoms with Gasteiger partial charge in [-0.1, -0.05) is 31.2 Å². The van der Waals surface area contributed by atoms with E-state index in [9.17, 15) is 15.0 Å². The fourth-order valence-electron chi connectivity index (χ4n) is 4.10. The lowest BCUT2D eigenvalue weighted by Gasteiger charge is -2.37. The quantitative estimate of drug-likeness (QED) is 0.726. The zero-order chi connectivity index (χ0) is 19.2. The van der Waals surface area contributed by atoms with Crippen LogP contribution in [0.3, 0.4) is 0 Å². The van der Waals surface area contributed by atoms with Crippen molar-refractivity contribution in [2.45, 2.75) is 64.9 Å². The van der Waals surface area contributed by atoms with Crippen molar-refractivity contribution >= 4 is 11.7 Å². The summed E-state index contributed by atoms with van der Waals surface area (Å²) in [6.45, 7) is 7.72. The van der Waals surface area contributed by atoms with Crippen LogP contribution in [0.1, 0.15) is 64.0 Å². The Balaban J connectivity index is 2.55. The molecule has 1 saturated carbocycles. The van der Waals surface area contributed by atoms with Gasteiger partial charge in [-0.05, 0) is 56.9 Å². The summed E-state index contributed by atoms with van der Waals surface area (Å²) in [5.41, 5.74) is 0.533. The molecule has 0 radical (unpaired) electrons. The highest BCUT2D eigenvalue weighted by Gasteiger charge is 2.47. The Bertz CT molecular complexity index is 678. The van der Waals surface area contributed by atoms with E-state index in [4.69, 9.17) is 0 Å². The fourth-order valence-corrected chi connectivity index (χ4v) is 4.10. The Morgan fingerprint density at radius 1 is 1.23 bits per heavy atom. The number of nitrogens with zero attached hydrogens (tertiary/aromatic N) is 1. The zero-order valence-electron chi connectivity index (χ0n) is 16.2. The Morgan fingerprint density at radius 2 is 1.88 bits per heavy atom. The van der Waals surface area contributed by atoms with Crippen molar-refractivity contribution in [2.75, 3.05) is 18.0 Å². The van der Waals surface area contributed by atoms with Gasteiger partial charge < -0.3 is 15.1 Å². The van der Waals surface area contributed by atoms with E-state index in [0.717, 1.165) is 56.4 Å². The first kappa shape index (κ1) is 20.3. The number of rotatable bonds is 7. The first-order chi connectivity index (χ1) is 12.5. The molecule has 1 atom stereocenters. The molecule has 1 aliphatic carbocycles. The van der Waals surface area contributed by atoms with Gasteiger partial charge in [-0.2, -0.15) is 0 Å². The number of anilines is 1. The Labute approximate surface area is 157 Å². The van der Waals surface area contributed by atoms with Gasteiger partial charge in [0.2, 0.25) is 0 Å². The number of carbonyl (C=O) groups is 1. The van der Waals surface area contributed by atoms with E-state index in [1.807, 2.05) is 18.2 Å². The molecular formula is C22H31NO3. The molecule has 0 spiro atoms. The van der Waals surface area contributed by atoms with Crippen molar-refractivity contribution in [3.8, 4) is 11.8 Å². The molecule has 2 N–H and O–H groups in total. The molecule has 0 heterocycles. The van der Waals surface area contributed by atoms with Gasteiger partial charge in [-0.15, -0.1) is 5.92 Å². The van der Waals surface area contributed by atoms with Crippen LogP contribution in [-0.4, -0.2) is 29.3 Å². The molecule has 4 heteroatoms. The molecule has 0 bridgehead atoms. The minimum atomic E-state index is -1.84. The first-order valence-electron chi connectivity index (χ1n) is 9.72. The summed E-state index contributed by atoms with van der Waals surface area (Å²) in [6, 6.07) is 5.74. The van der Waals surface area contributed by atoms with Crippen molar-refractivity contribution in [1.82, 2.24) is 0 Å². The van der Waals surface area contributed by atoms with E-state index in [0.29, 0.717) is 12.0 Å². The molecule has 0 amide bonds. The van der Waals surface area contributed by atoms with Gasteiger partial charge in [0.1, 0.15) is 0 Å². The van der Waals surface area contributed by atoms with Gasteiger partial charge >= 0.3 is 5.97 Å². The lowest BCUT2D eigenvalue weighted by molar-refractivity contribution is -0.168. The molecule has 1 unspecified atom stereocenters. The summed E-state index contributed by atoms with van der Waals surface area (Å²) >= 11 is 0. The normalized spacial score (nSPS) is 17.1. The molecule has 1 aromatic rings. The lowest BCUT2D eigenvalue weighted by atomic mass is 9.72. The van der Waals surface area contributed by atoms with E-state index < -0.39 is 11.6 Å². The highest BCUT2D eigenvalue weighted by Crippen LogP contribution is 2.41. The van der Waals surface area contributed by atoms with Crippen molar-refractivity contribution in [3.63, 3.8) is 0 Å². The standard InChI is InChI=1S/C22H31NO3/c1-4-7-11-17-16-19(23(5-2)6-3)14-15-20(17)22(26,21(24)25)18-12-9-8-10-13-18/h14-16,18,26H,5-6,8-13H2,1-3H3,(H,24,25). The summed E-state index contributed by atoms with van der Waals surface area (Å²) in [7, 11) is 0. The van der Waals surface area contributed by atoms with Crippen molar-refractivity contribution in [1.29, 1.82) is 0 Å². The molecule has 1 fully saturated rings. The second kappa shape index (κ2) is 9.09. The SMILES string of the molecule is CC#CCc1cc(N(CC)CC)ccc1C(O)(C(=O)O)C1CCCCC1. The smallest absolute Gasteiger partial charge is 0.340 e. The number of aliphatic carboxylic acids is 1. The van der Waals surface area contributed by atoms with Crippen LogP contribution in [0.5, 0.6) is 0 Å². The summed E-state index contributed by atoms with van der Waals surface area (Å²) in [4.78, 5) is 14.4. The molecule has 0 saturated heterocycles. The van der Waals surface area contributed by atoms with Crippen LogP contribution in [0.25, 0.3) is 0 Å². The molecule has 0 aromatic heterocycles. The lowest BCUT2D eigenvalue weighted by Crippen LogP contribution is -2.44. The summed E-state index contributed by atoms with van der Waals surface area (Å²) in [5, 5.41) is 21.3. The van der Waals surface area contributed by atoms with Crippen molar-refractivity contribution < 1.29 is 15.0 Å². The number of aliphatic hydroxyl groups is 1. The highest BCUT2D eigenvalue weighted by molar-refractivity contribution is 5.80. The molecule has 142 valence electrons. The first-order valence-corrected chi connectivity index (χ1v) is 9.72. The minimum absolute atomic E-state index is 0.249. The summed E-state index contributed by atoms with van der Waals surface area (Å²) < 4.78 is 0. The highest BCUT2D eigenvalue weighted by atomic mass is 16.4. The third-order valence-corrected chi connectivity index (χ3v) is 5.61. The van der Waals surface area contributed by atoms with Crippen LogP contribution in [0.2, 0.25) is 0 Å². The van der Waals surface area contributed by atoms with Crippen molar-refractivity contribution in [2.24, 2.45) is 5.92 Å². The minimum Gasteiger partial charge on any atom is -0.479 e. The number of carboxylic acids is 1. The third-order valence-electron chi connectivity index (χ3n) is 5.61. The van der Waals surface area contributed by atoms with Crippen LogP contribution >= 0.6 is 0 Å². The predicted molar refractivity (Wildman–Crippen MR) is 105 cm³/mol. The Kier molecular flexibility index (Phi) is 7.11. The van der Waals surface area contributed by atoms with Gasteiger partial charge in [0.05, 0.1) is 0 Å². The van der Waals surface area contributed by atoms with Gasteiger partial charge in [-0.3, -0.25) is 0 Å². The average molecular weight is 357 g/mol. The van der Waals surface area contributed by atoms with Crippen LogP contribution in [0.15, 0.2) is 18.2 Å². The zero-order valence-corrected chi connectivity index (χ0v) is 16.2. The predicted octanol–water partition coefficient (Wildman–Crippen LogP) is 3.95. The van der Waals surface area contributed by atoms with Crippen LogP contribution in [0, 0.1) is 17.8 Å². The second-order valence-corrected chi connectivity index (χ2v) is 7.02. The van der Waals surface area contributed by atoms with Crippen LogP contribution < -0.4 is 4.90 Å². The Hall–Kier alpha value is -1.99. The summed E-state index contributed by atoms with van der Waals surface area (Å²) in [5.74, 6) is 4.54. The van der Waals surface area contributed by atoms with E-state index in [2.05, 4.69) is 30.6 Å². The third kappa shape index (κ3) is 4.04. The topological polar surface area (TPSA) is 60.8 Å². The van der Waals surface area contributed by atoms with E-state index in [1.54, 1.807) is 6.92 Å². The molecule has 26 heavy (non-hydrogen) atoms. The molecule has 1 aromatic carbocycles.